The maximum Gasteiger partial charge on any atom is 0.228 e. The highest BCUT2D eigenvalue weighted by Gasteiger charge is 2.34. The molecule has 31 heavy (non-hydrogen) atoms. The Bertz CT molecular complexity index is 1510. The van der Waals surface area contributed by atoms with Gasteiger partial charge in [0.05, 0.1) is 18.1 Å². The van der Waals surface area contributed by atoms with Crippen molar-refractivity contribution in [2.75, 3.05) is 0 Å². The molecule has 1 aliphatic heterocycles. The third-order valence-corrected chi connectivity index (χ3v) is 5.79. The van der Waals surface area contributed by atoms with Gasteiger partial charge < -0.3 is 4.74 Å². The predicted molar refractivity (Wildman–Crippen MR) is 116 cm³/mol. The number of ether oxygens (including phenoxy) is 1. The summed E-state index contributed by atoms with van der Waals surface area (Å²) in [5.41, 5.74) is 4.96. The van der Waals surface area contributed by atoms with E-state index in [0.717, 1.165) is 33.2 Å². The van der Waals surface area contributed by atoms with Gasteiger partial charge in [0.15, 0.2) is 11.5 Å². The van der Waals surface area contributed by atoms with Crippen molar-refractivity contribution < 1.29 is 4.74 Å². The van der Waals surface area contributed by atoms with Crippen molar-refractivity contribution in [3.8, 4) is 17.7 Å². The smallest absolute Gasteiger partial charge is 0.228 e. The lowest BCUT2D eigenvalue weighted by Gasteiger charge is -2.29. The Kier molecular flexibility index (Phi) is 3.77. The Labute approximate surface area is 178 Å². The molecule has 6 rings (SSSR count). The van der Waals surface area contributed by atoms with Crippen LogP contribution in [0.3, 0.4) is 0 Å². The van der Waals surface area contributed by atoms with Crippen LogP contribution in [0.4, 0.5) is 0 Å². The van der Waals surface area contributed by atoms with Gasteiger partial charge in [0.2, 0.25) is 5.88 Å². The first-order valence-corrected chi connectivity index (χ1v) is 10.1. The van der Waals surface area contributed by atoms with Crippen LogP contribution in [0, 0.1) is 18.3 Å². The van der Waals surface area contributed by atoms with Crippen molar-refractivity contribution in [3.63, 3.8) is 0 Å². The first kappa shape index (κ1) is 17.6. The van der Waals surface area contributed by atoms with Crippen LogP contribution in [0.25, 0.3) is 16.4 Å². The largest absolute Gasteiger partial charge is 0.438 e. The van der Waals surface area contributed by atoms with E-state index >= 15 is 0 Å². The highest BCUT2D eigenvalue weighted by atomic mass is 16.5. The number of aromatic nitrogens is 4. The quantitative estimate of drug-likeness (QED) is 0.409. The number of nitrogens with zero attached hydrogens (tertiary/aromatic N) is 5. The maximum absolute atomic E-state index is 9.11. The van der Waals surface area contributed by atoms with Crippen LogP contribution in [0.5, 0.6) is 11.6 Å². The van der Waals surface area contributed by atoms with Crippen LogP contribution in [0.2, 0.25) is 0 Å². The molecular formula is C25H17N5O. The van der Waals surface area contributed by atoms with Crippen LogP contribution in [-0.2, 0) is 6.42 Å². The van der Waals surface area contributed by atoms with E-state index in [-0.39, 0.29) is 12.3 Å². The summed E-state index contributed by atoms with van der Waals surface area (Å²) >= 11 is 0. The molecule has 0 bridgehead atoms. The van der Waals surface area contributed by atoms with Crippen molar-refractivity contribution in [2.24, 2.45) is 0 Å². The SMILES string of the molecule is Cc1ccc([C@@H]2c3c(ccc4ccccc34)Oc3ncn4nc(CC#N)nc4c32)cc1. The third kappa shape index (κ3) is 2.67. The van der Waals surface area contributed by atoms with Crippen LogP contribution in [0.1, 0.15) is 34.0 Å². The van der Waals surface area contributed by atoms with E-state index in [4.69, 9.17) is 10.00 Å². The van der Waals surface area contributed by atoms with Crippen molar-refractivity contribution in [3.05, 3.63) is 95.1 Å². The van der Waals surface area contributed by atoms with E-state index in [2.05, 4.69) is 70.5 Å². The molecule has 3 heterocycles. The van der Waals surface area contributed by atoms with Gasteiger partial charge in [-0.3, -0.25) is 0 Å². The van der Waals surface area contributed by atoms with Gasteiger partial charge in [-0.05, 0) is 29.3 Å². The Morgan fingerprint density at radius 1 is 1.03 bits per heavy atom. The standard InChI is InChI=1S/C25H17N5O/c1-15-6-8-17(9-7-15)21-22-18-5-3-2-4-16(18)10-11-19(22)31-25-23(21)24-28-20(12-13-26)29-30(24)14-27-25/h2-11,14,21H,12H2,1H3/t21-/m1/s1. The van der Waals surface area contributed by atoms with Crippen molar-refractivity contribution in [1.82, 2.24) is 19.6 Å². The fraction of sp³-hybridized carbons (Fsp3) is 0.120. The van der Waals surface area contributed by atoms with Gasteiger partial charge in [-0.15, -0.1) is 5.10 Å². The molecule has 5 aromatic rings. The molecule has 3 aromatic carbocycles. The first-order valence-electron chi connectivity index (χ1n) is 10.1. The molecule has 148 valence electrons. The molecular weight excluding hydrogens is 386 g/mol. The minimum absolute atomic E-state index is 0.124. The van der Waals surface area contributed by atoms with Gasteiger partial charge in [-0.25, -0.2) is 14.5 Å². The number of rotatable bonds is 2. The van der Waals surface area contributed by atoms with Gasteiger partial charge >= 0.3 is 0 Å². The van der Waals surface area contributed by atoms with E-state index in [1.165, 1.54) is 5.56 Å². The Hall–Kier alpha value is -4.24. The molecule has 1 aliphatic rings. The molecule has 0 N–H and O–H groups in total. The highest BCUT2D eigenvalue weighted by molar-refractivity contribution is 5.90. The van der Waals surface area contributed by atoms with Crippen LogP contribution in [0.15, 0.2) is 67.0 Å². The maximum atomic E-state index is 9.11. The predicted octanol–water partition coefficient (Wildman–Crippen LogP) is 4.94. The van der Waals surface area contributed by atoms with Gasteiger partial charge in [-0.2, -0.15) is 5.26 Å². The molecule has 6 heteroatoms. The molecule has 0 spiro atoms. The fourth-order valence-corrected chi connectivity index (χ4v) is 4.39. The highest BCUT2D eigenvalue weighted by Crippen LogP contribution is 2.50. The fourth-order valence-electron chi connectivity index (χ4n) is 4.39. The molecule has 1 atom stereocenters. The molecule has 0 saturated carbocycles. The molecule has 0 aliphatic carbocycles. The summed E-state index contributed by atoms with van der Waals surface area (Å²) in [6, 6.07) is 23.1. The monoisotopic (exact) mass is 403 g/mol. The van der Waals surface area contributed by atoms with Crippen molar-refractivity contribution in [2.45, 2.75) is 19.3 Å². The first-order chi connectivity index (χ1) is 15.2. The Morgan fingerprint density at radius 3 is 2.71 bits per heavy atom. The third-order valence-electron chi connectivity index (χ3n) is 5.79. The number of aryl methyl sites for hydroxylation is 1. The summed E-state index contributed by atoms with van der Waals surface area (Å²) in [5, 5.41) is 15.8. The summed E-state index contributed by atoms with van der Waals surface area (Å²) in [6.07, 6.45) is 1.74. The number of hydrogen-bond donors (Lipinski definition) is 0. The van der Waals surface area contributed by atoms with Crippen LogP contribution >= 0.6 is 0 Å². The second-order valence-corrected chi connectivity index (χ2v) is 7.74. The van der Waals surface area contributed by atoms with E-state index in [1.807, 2.05) is 18.2 Å². The minimum Gasteiger partial charge on any atom is -0.438 e. The summed E-state index contributed by atoms with van der Waals surface area (Å²) in [7, 11) is 0. The number of benzene rings is 3. The Morgan fingerprint density at radius 2 is 1.87 bits per heavy atom. The topological polar surface area (TPSA) is 76.1 Å². The minimum atomic E-state index is -0.124. The van der Waals surface area contributed by atoms with Crippen molar-refractivity contribution >= 4 is 16.4 Å². The molecule has 2 aromatic heterocycles. The summed E-state index contributed by atoms with van der Waals surface area (Å²) in [5.74, 6) is 1.67. The van der Waals surface area contributed by atoms with Gasteiger partial charge in [0.25, 0.3) is 0 Å². The van der Waals surface area contributed by atoms with Gasteiger partial charge in [-0.1, -0.05) is 60.2 Å². The van der Waals surface area contributed by atoms with E-state index in [0.29, 0.717) is 17.4 Å². The molecule has 0 radical (unpaired) electrons. The summed E-state index contributed by atoms with van der Waals surface area (Å²) in [6.45, 7) is 2.08. The van der Waals surface area contributed by atoms with Gasteiger partial charge in [0.1, 0.15) is 12.1 Å². The summed E-state index contributed by atoms with van der Waals surface area (Å²) < 4.78 is 7.93. The number of nitriles is 1. The molecule has 6 nitrogen and oxygen atoms in total. The van der Waals surface area contributed by atoms with Crippen LogP contribution in [-0.4, -0.2) is 19.6 Å². The molecule has 0 amide bonds. The number of fused-ring (bicyclic) bond motifs is 6. The summed E-state index contributed by atoms with van der Waals surface area (Å²) in [4.78, 5) is 9.22. The zero-order valence-electron chi connectivity index (χ0n) is 16.8. The second kappa shape index (κ2) is 6.64. The normalized spacial score (nSPS) is 14.6. The lowest BCUT2D eigenvalue weighted by molar-refractivity contribution is 0.433. The molecule has 0 fully saturated rings. The van der Waals surface area contributed by atoms with Gasteiger partial charge in [0, 0.05) is 11.5 Å². The zero-order chi connectivity index (χ0) is 20.9. The molecule has 0 unspecified atom stereocenters. The lowest BCUT2D eigenvalue weighted by Crippen LogP contribution is -2.15. The van der Waals surface area contributed by atoms with E-state index in [9.17, 15) is 0 Å². The average molecular weight is 403 g/mol. The second-order valence-electron chi connectivity index (χ2n) is 7.74. The lowest BCUT2D eigenvalue weighted by atomic mass is 9.81. The average Bonchev–Trinajstić information content (AvgIpc) is 3.21. The Balaban J connectivity index is 1.71. The molecule has 0 saturated heterocycles. The van der Waals surface area contributed by atoms with E-state index in [1.54, 1.807) is 10.8 Å². The van der Waals surface area contributed by atoms with E-state index < -0.39 is 0 Å². The number of hydrogen-bond acceptors (Lipinski definition) is 5. The van der Waals surface area contributed by atoms with Crippen molar-refractivity contribution in [1.29, 1.82) is 5.26 Å². The zero-order valence-corrected chi connectivity index (χ0v) is 16.8. The van der Waals surface area contributed by atoms with Crippen LogP contribution < -0.4 is 4.74 Å².